The number of hydrogen-bond donors (Lipinski definition) is 0. The lowest BCUT2D eigenvalue weighted by Gasteiger charge is -2.13. The molecule has 0 radical (unpaired) electrons. The first-order chi connectivity index (χ1) is 28.3. The number of halogens is 3. The zero-order valence-corrected chi connectivity index (χ0v) is 31.1. The fourth-order valence-corrected chi connectivity index (χ4v) is 6.80. The van der Waals surface area contributed by atoms with Gasteiger partial charge in [0.2, 0.25) is 5.95 Å². The largest absolute Gasteiger partial charge is 0.244 e. The van der Waals surface area contributed by atoms with Crippen LogP contribution in [0.15, 0.2) is 164 Å². The van der Waals surface area contributed by atoms with Crippen LogP contribution in [-0.4, -0.2) is 15.0 Å². The number of hydrogen-bond acceptors (Lipinski definition) is 3. The third-order valence-corrected chi connectivity index (χ3v) is 9.86. The lowest BCUT2D eigenvalue weighted by molar-refractivity contribution is 0.584. The van der Waals surface area contributed by atoms with E-state index in [9.17, 15) is 13.2 Å². The minimum Gasteiger partial charge on any atom is -0.244 e. The third kappa shape index (κ3) is 7.69. The van der Waals surface area contributed by atoms with E-state index in [1.807, 2.05) is 97.9 Å². The van der Waals surface area contributed by atoms with Gasteiger partial charge in [-0.25, -0.2) is 23.7 Å². The minimum absolute atomic E-state index is 0.306. The molecule has 0 aliphatic carbocycles. The molecule has 9 aromatic rings. The normalized spacial score (nSPS) is 10.8. The molecule has 274 valence electrons. The molecule has 0 saturated heterocycles. The van der Waals surface area contributed by atoms with E-state index in [1.165, 1.54) is 36.5 Å². The van der Waals surface area contributed by atoms with Crippen molar-refractivity contribution in [3.05, 3.63) is 209 Å². The molecule has 0 spiro atoms. The highest BCUT2D eigenvalue weighted by Gasteiger charge is 2.15. The lowest BCUT2D eigenvalue weighted by Crippen LogP contribution is -1.96. The highest BCUT2D eigenvalue weighted by molar-refractivity contribution is 5.97. The van der Waals surface area contributed by atoms with E-state index in [-0.39, 0.29) is 11.6 Å². The first-order valence-corrected chi connectivity index (χ1v) is 18.6. The van der Waals surface area contributed by atoms with Crippen LogP contribution in [0.25, 0.3) is 66.6 Å². The van der Waals surface area contributed by atoms with Crippen LogP contribution in [0.4, 0.5) is 13.2 Å². The van der Waals surface area contributed by atoms with Crippen molar-refractivity contribution in [2.75, 3.05) is 0 Å². The Morgan fingerprint density at radius 1 is 0.397 bits per heavy atom. The molecule has 0 aliphatic rings. The Balaban J connectivity index is 0.973. The monoisotopic (exact) mass is 753 g/mol. The average Bonchev–Trinajstić information content (AvgIpc) is 3.25. The van der Waals surface area contributed by atoms with E-state index < -0.39 is 5.95 Å². The van der Waals surface area contributed by atoms with Gasteiger partial charge in [0.15, 0.2) is 0 Å². The predicted octanol–water partition coefficient (Wildman–Crippen LogP) is 12.4. The number of aromatic nitrogens is 3. The molecule has 0 bridgehead atoms. The van der Waals surface area contributed by atoms with Gasteiger partial charge in [0, 0.05) is 45.1 Å². The summed E-state index contributed by atoms with van der Waals surface area (Å²) in [7, 11) is 0. The quantitative estimate of drug-likeness (QED) is 0.133. The summed E-state index contributed by atoms with van der Waals surface area (Å²) in [6.07, 6.45) is 1.51. The molecule has 0 N–H and O–H groups in total. The number of benzene rings is 7. The van der Waals surface area contributed by atoms with Crippen molar-refractivity contribution in [1.82, 2.24) is 15.0 Å². The van der Waals surface area contributed by atoms with Crippen LogP contribution >= 0.6 is 0 Å². The van der Waals surface area contributed by atoms with Crippen molar-refractivity contribution in [3.63, 3.8) is 0 Å². The summed E-state index contributed by atoms with van der Waals surface area (Å²) in [6.45, 7) is 2.04. The molecule has 0 aliphatic heterocycles. The number of rotatable bonds is 4. The maximum Gasteiger partial charge on any atom is 0.212 e. The standard InChI is InChI=1S/C52H30F3N3/c1-33-2-14-39(15-3-33)52-51(40-19-24-45(54)25-20-40)57-48-26-13-37(29-49(48)58-52)11-9-35-6-4-34(5-7-35)8-10-36-12-16-41-30-46(38-17-22-44(53)23-18-38)47(31-43(41)28-36)42-21-27-50(55)56-32-42/h2-7,12-32H,1H3. The Kier molecular flexibility index (Phi) is 9.51. The second kappa shape index (κ2) is 15.4. The molecular formula is C52H30F3N3. The zero-order chi connectivity index (χ0) is 39.6. The molecule has 2 heterocycles. The Labute approximate surface area is 333 Å². The molecule has 6 heteroatoms. The molecule has 9 rings (SSSR count). The van der Waals surface area contributed by atoms with E-state index in [2.05, 4.69) is 34.7 Å². The first kappa shape index (κ1) is 35.9. The molecule has 3 nitrogen and oxygen atoms in total. The molecule has 7 aromatic carbocycles. The lowest BCUT2D eigenvalue weighted by atomic mass is 9.91. The van der Waals surface area contributed by atoms with Crippen molar-refractivity contribution in [2.45, 2.75) is 6.92 Å². The van der Waals surface area contributed by atoms with Gasteiger partial charge in [0.05, 0.1) is 22.4 Å². The second-order valence-electron chi connectivity index (χ2n) is 13.9. The molecule has 0 amide bonds. The summed E-state index contributed by atoms with van der Waals surface area (Å²) in [5, 5.41) is 1.95. The minimum atomic E-state index is -0.557. The van der Waals surface area contributed by atoms with E-state index in [0.29, 0.717) is 16.9 Å². The van der Waals surface area contributed by atoms with E-state index in [4.69, 9.17) is 9.97 Å². The van der Waals surface area contributed by atoms with E-state index in [1.54, 1.807) is 30.3 Å². The first-order valence-electron chi connectivity index (χ1n) is 18.6. The summed E-state index contributed by atoms with van der Waals surface area (Å²) >= 11 is 0. The number of fused-ring (bicyclic) bond motifs is 2. The van der Waals surface area contributed by atoms with Gasteiger partial charge < -0.3 is 0 Å². The average molecular weight is 754 g/mol. The molecule has 0 saturated carbocycles. The maximum absolute atomic E-state index is 13.8. The van der Waals surface area contributed by atoms with Gasteiger partial charge in [-0.2, -0.15) is 4.39 Å². The Morgan fingerprint density at radius 3 is 1.50 bits per heavy atom. The fraction of sp³-hybridized carbons (Fsp3) is 0.0192. The second-order valence-corrected chi connectivity index (χ2v) is 13.9. The summed E-state index contributed by atoms with van der Waals surface area (Å²) in [4.78, 5) is 13.9. The van der Waals surface area contributed by atoms with E-state index in [0.717, 1.165) is 77.5 Å². The van der Waals surface area contributed by atoms with Gasteiger partial charge in [-0.3, -0.25) is 0 Å². The molecule has 0 unspecified atom stereocenters. The molecule has 0 atom stereocenters. The Morgan fingerprint density at radius 2 is 0.879 bits per heavy atom. The molecule has 2 aromatic heterocycles. The fourth-order valence-electron chi connectivity index (χ4n) is 6.80. The van der Waals surface area contributed by atoms with Crippen LogP contribution in [0, 0.1) is 48.2 Å². The van der Waals surface area contributed by atoms with Crippen molar-refractivity contribution in [3.8, 4) is 68.5 Å². The van der Waals surface area contributed by atoms with Gasteiger partial charge >= 0.3 is 0 Å². The zero-order valence-electron chi connectivity index (χ0n) is 31.1. The van der Waals surface area contributed by atoms with Gasteiger partial charge in [-0.1, -0.05) is 71.7 Å². The highest BCUT2D eigenvalue weighted by atomic mass is 19.1. The van der Waals surface area contributed by atoms with Crippen LogP contribution in [0.5, 0.6) is 0 Å². The number of aryl methyl sites for hydroxylation is 1. The van der Waals surface area contributed by atoms with E-state index >= 15 is 0 Å². The van der Waals surface area contributed by atoms with Crippen molar-refractivity contribution in [1.29, 1.82) is 0 Å². The van der Waals surface area contributed by atoms with Crippen LogP contribution < -0.4 is 0 Å². The third-order valence-electron chi connectivity index (χ3n) is 9.86. The summed E-state index contributed by atoms with van der Waals surface area (Å²) < 4.78 is 41.2. The topological polar surface area (TPSA) is 38.7 Å². The van der Waals surface area contributed by atoms with Crippen LogP contribution in [0.3, 0.4) is 0 Å². The van der Waals surface area contributed by atoms with Gasteiger partial charge in [-0.05, 0) is 150 Å². The maximum atomic E-state index is 13.8. The number of nitrogens with zero attached hydrogens (tertiary/aromatic N) is 3. The summed E-state index contributed by atoms with van der Waals surface area (Å²) in [5.74, 6) is 11.9. The highest BCUT2D eigenvalue weighted by Crippen LogP contribution is 2.36. The summed E-state index contributed by atoms with van der Waals surface area (Å²) in [6, 6.07) is 47.5. The molecular weight excluding hydrogens is 724 g/mol. The van der Waals surface area contributed by atoms with Crippen LogP contribution in [-0.2, 0) is 0 Å². The number of pyridine rings is 1. The van der Waals surface area contributed by atoms with Gasteiger partial charge in [0.25, 0.3) is 0 Å². The summed E-state index contributed by atoms with van der Waals surface area (Å²) in [5.41, 5.74) is 12.3. The van der Waals surface area contributed by atoms with Crippen molar-refractivity contribution in [2.24, 2.45) is 0 Å². The molecule has 58 heavy (non-hydrogen) atoms. The predicted molar refractivity (Wildman–Crippen MR) is 226 cm³/mol. The Bertz CT molecular complexity index is 2900. The smallest absolute Gasteiger partial charge is 0.212 e. The Hall–Kier alpha value is -7.80. The van der Waals surface area contributed by atoms with Gasteiger partial charge in [0.1, 0.15) is 11.6 Å². The van der Waals surface area contributed by atoms with Crippen LogP contribution in [0.2, 0.25) is 0 Å². The van der Waals surface area contributed by atoms with Gasteiger partial charge in [-0.15, -0.1) is 0 Å². The van der Waals surface area contributed by atoms with Crippen LogP contribution in [0.1, 0.15) is 27.8 Å². The SMILES string of the molecule is Cc1ccc(-c2nc3cc(C#Cc4ccc(C#Cc5ccc6cc(-c7ccc(F)cc7)c(-c7ccc(F)nc7)cc6c5)cc4)ccc3nc2-c2ccc(F)cc2)cc1. The van der Waals surface area contributed by atoms with Crippen molar-refractivity contribution >= 4 is 21.8 Å². The van der Waals surface area contributed by atoms with Crippen molar-refractivity contribution < 1.29 is 13.2 Å². The molecule has 0 fully saturated rings.